The lowest BCUT2D eigenvalue weighted by atomic mass is 9.85. The van der Waals surface area contributed by atoms with Gasteiger partial charge in [0.25, 0.3) is 11.8 Å². The topological polar surface area (TPSA) is 57.7 Å². The van der Waals surface area contributed by atoms with E-state index in [9.17, 15) is 14.4 Å². The predicted molar refractivity (Wildman–Crippen MR) is 95.3 cm³/mol. The van der Waals surface area contributed by atoms with Crippen molar-refractivity contribution in [1.29, 1.82) is 0 Å². The molecule has 26 heavy (non-hydrogen) atoms. The van der Waals surface area contributed by atoms with Gasteiger partial charge in [0.15, 0.2) is 0 Å². The number of fused-ring (bicyclic) bond motifs is 4. The molecule has 128 valence electrons. The summed E-state index contributed by atoms with van der Waals surface area (Å²) in [5, 5.41) is 0. The Bertz CT molecular complexity index is 988. The first-order valence-corrected chi connectivity index (χ1v) is 8.61. The fourth-order valence-electron chi connectivity index (χ4n) is 4.25. The molecular weight excluding hydrogens is 328 g/mol. The quantitative estimate of drug-likeness (QED) is 0.590. The van der Waals surface area contributed by atoms with Crippen molar-refractivity contribution in [2.75, 3.05) is 6.54 Å². The Morgan fingerprint density at radius 3 is 2.15 bits per heavy atom. The molecule has 1 saturated heterocycles. The number of imide groups is 1. The molecule has 0 radical (unpaired) electrons. The third-order valence-electron chi connectivity index (χ3n) is 5.41. The molecule has 5 heteroatoms. The summed E-state index contributed by atoms with van der Waals surface area (Å²) in [5.41, 5.74) is 3.84. The van der Waals surface area contributed by atoms with Crippen LogP contribution >= 0.6 is 0 Å². The Morgan fingerprint density at radius 1 is 0.846 bits per heavy atom. The Labute approximate surface area is 150 Å². The van der Waals surface area contributed by atoms with Gasteiger partial charge in [0.2, 0.25) is 5.91 Å². The van der Waals surface area contributed by atoms with Gasteiger partial charge in [0, 0.05) is 6.54 Å². The monoisotopic (exact) mass is 344 g/mol. The van der Waals surface area contributed by atoms with Crippen LogP contribution < -0.4 is 0 Å². The number of nitrogens with zero attached hydrogens (tertiary/aromatic N) is 2. The first-order valence-electron chi connectivity index (χ1n) is 8.61. The molecule has 0 aliphatic carbocycles. The van der Waals surface area contributed by atoms with E-state index in [1.165, 1.54) is 0 Å². The molecule has 0 aromatic heterocycles. The molecule has 5 rings (SSSR count). The molecule has 0 bridgehead atoms. The number of β-lactam (4-membered cyclic amide) rings is 1. The third-order valence-corrected chi connectivity index (χ3v) is 5.41. The zero-order chi connectivity index (χ0) is 18.0. The van der Waals surface area contributed by atoms with Gasteiger partial charge in [0.1, 0.15) is 6.04 Å². The molecule has 3 aliphatic heterocycles. The van der Waals surface area contributed by atoms with Crippen molar-refractivity contribution in [3.63, 3.8) is 0 Å². The Hall–Kier alpha value is -3.21. The zero-order valence-electron chi connectivity index (χ0n) is 14.2. The molecule has 2 aromatic rings. The van der Waals surface area contributed by atoms with Crippen molar-refractivity contribution >= 4 is 23.8 Å². The van der Waals surface area contributed by atoms with Crippen molar-refractivity contribution < 1.29 is 14.4 Å². The fourth-order valence-corrected chi connectivity index (χ4v) is 4.25. The molecule has 1 fully saturated rings. The van der Waals surface area contributed by atoms with Crippen LogP contribution in [0.3, 0.4) is 0 Å². The highest BCUT2D eigenvalue weighted by Gasteiger charge is 2.57. The standard InChI is InChI=1S/C21H16N2O3/c1-12-10-13-6-2-3-7-14(13)17-18(21(26)22(17)11-12)23-19(24)15-8-4-5-9-16(15)20(23)25/h2-10,17-18H,11H2,1H3/t17-,18+/m1/s1. The third kappa shape index (κ3) is 1.83. The second-order valence-electron chi connectivity index (χ2n) is 7.00. The van der Waals surface area contributed by atoms with E-state index in [0.29, 0.717) is 17.7 Å². The largest absolute Gasteiger partial charge is 0.327 e. The van der Waals surface area contributed by atoms with Gasteiger partial charge in [-0.3, -0.25) is 19.3 Å². The molecule has 2 aromatic carbocycles. The van der Waals surface area contributed by atoms with E-state index >= 15 is 0 Å². The summed E-state index contributed by atoms with van der Waals surface area (Å²) in [4.78, 5) is 41.5. The van der Waals surface area contributed by atoms with E-state index in [1.54, 1.807) is 29.2 Å². The SMILES string of the molecule is CC1=Cc2ccccc2[C@@H]2[C@H](N3C(=O)c4ccccc4C3=O)C(=O)N2C1. The summed E-state index contributed by atoms with van der Waals surface area (Å²) in [6.07, 6.45) is 2.07. The van der Waals surface area contributed by atoms with Crippen LogP contribution in [0, 0.1) is 0 Å². The molecular formula is C21H16N2O3. The maximum atomic E-state index is 12.9. The van der Waals surface area contributed by atoms with Crippen LogP contribution in [-0.2, 0) is 4.79 Å². The summed E-state index contributed by atoms with van der Waals surface area (Å²) < 4.78 is 0. The number of hydrogen-bond donors (Lipinski definition) is 0. The first-order chi connectivity index (χ1) is 12.6. The van der Waals surface area contributed by atoms with Crippen molar-refractivity contribution in [3.8, 4) is 0 Å². The van der Waals surface area contributed by atoms with Crippen LogP contribution in [-0.4, -0.2) is 40.1 Å². The van der Waals surface area contributed by atoms with Crippen LogP contribution in [0.4, 0.5) is 0 Å². The number of amides is 3. The van der Waals surface area contributed by atoms with Crippen molar-refractivity contribution in [3.05, 3.63) is 76.4 Å². The minimum absolute atomic E-state index is 0.172. The molecule has 0 saturated carbocycles. The van der Waals surface area contributed by atoms with Crippen molar-refractivity contribution in [1.82, 2.24) is 9.80 Å². The Balaban J connectivity index is 1.60. The molecule has 5 nitrogen and oxygen atoms in total. The van der Waals surface area contributed by atoms with Gasteiger partial charge >= 0.3 is 0 Å². The van der Waals surface area contributed by atoms with Gasteiger partial charge < -0.3 is 4.90 Å². The summed E-state index contributed by atoms with van der Waals surface area (Å²) >= 11 is 0. The Kier molecular flexibility index (Phi) is 2.98. The second kappa shape index (κ2) is 5.14. The van der Waals surface area contributed by atoms with Crippen LogP contribution in [0.2, 0.25) is 0 Å². The summed E-state index contributed by atoms with van der Waals surface area (Å²) in [7, 11) is 0. The van der Waals surface area contributed by atoms with Crippen LogP contribution in [0.5, 0.6) is 0 Å². The van der Waals surface area contributed by atoms with Crippen molar-refractivity contribution in [2.24, 2.45) is 0 Å². The molecule has 2 atom stereocenters. The number of hydrogen-bond acceptors (Lipinski definition) is 3. The van der Waals surface area contributed by atoms with E-state index < -0.39 is 6.04 Å². The number of carbonyl (C=O) groups excluding carboxylic acids is 3. The lowest BCUT2D eigenvalue weighted by molar-refractivity contribution is -0.155. The van der Waals surface area contributed by atoms with Gasteiger partial charge in [-0.1, -0.05) is 48.0 Å². The van der Waals surface area contributed by atoms with Crippen LogP contribution in [0.15, 0.2) is 54.1 Å². The molecule has 3 heterocycles. The van der Waals surface area contributed by atoms with E-state index in [2.05, 4.69) is 6.08 Å². The lowest BCUT2D eigenvalue weighted by Crippen LogP contribution is -2.66. The highest BCUT2D eigenvalue weighted by atomic mass is 16.2. The average molecular weight is 344 g/mol. The number of benzene rings is 2. The first kappa shape index (κ1) is 15.1. The van der Waals surface area contributed by atoms with Crippen LogP contribution in [0.25, 0.3) is 6.08 Å². The molecule has 3 amide bonds. The van der Waals surface area contributed by atoms with Gasteiger partial charge in [-0.05, 0) is 30.2 Å². The maximum Gasteiger partial charge on any atom is 0.262 e. The summed E-state index contributed by atoms with van der Waals surface area (Å²) in [6.45, 7) is 2.50. The van der Waals surface area contributed by atoms with Crippen molar-refractivity contribution in [2.45, 2.75) is 19.0 Å². The van der Waals surface area contributed by atoms with E-state index in [4.69, 9.17) is 0 Å². The fraction of sp³-hybridized carbons (Fsp3) is 0.190. The minimum Gasteiger partial charge on any atom is -0.327 e. The molecule has 0 unspecified atom stereocenters. The van der Waals surface area contributed by atoms with Gasteiger partial charge in [-0.25, -0.2) is 0 Å². The smallest absolute Gasteiger partial charge is 0.262 e. The highest BCUT2D eigenvalue weighted by molar-refractivity contribution is 6.23. The van der Waals surface area contributed by atoms with E-state index in [0.717, 1.165) is 21.6 Å². The van der Waals surface area contributed by atoms with Gasteiger partial charge in [-0.2, -0.15) is 0 Å². The maximum absolute atomic E-state index is 12.9. The highest BCUT2D eigenvalue weighted by Crippen LogP contribution is 2.44. The molecule has 3 aliphatic rings. The normalized spacial score (nSPS) is 23.7. The minimum atomic E-state index is -0.775. The van der Waals surface area contributed by atoms with E-state index in [1.807, 2.05) is 31.2 Å². The van der Waals surface area contributed by atoms with E-state index in [-0.39, 0.29) is 23.8 Å². The zero-order valence-corrected chi connectivity index (χ0v) is 14.2. The number of rotatable bonds is 1. The number of carbonyl (C=O) groups is 3. The average Bonchev–Trinajstić information content (AvgIpc) is 2.82. The lowest BCUT2D eigenvalue weighted by Gasteiger charge is -2.49. The Morgan fingerprint density at radius 2 is 1.46 bits per heavy atom. The predicted octanol–water partition coefficient (Wildman–Crippen LogP) is 2.65. The summed E-state index contributed by atoms with van der Waals surface area (Å²) in [6, 6.07) is 13.5. The van der Waals surface area contributed by atoms with Crippen LogP contribution in [0.1, 0.15) is 44.8 Å². The summed E-state index contributed by atoms with van der Waals surface area (Å²) in [5.74, 6) is -0.932. The van der Waals surface area contributed by atoms with Gasteiger partial charge in [0.05, 0.1) is 17.2 Å². The van der Waals surface area contributed by atoms with Gasteiger partial charge in [-0.15, -0.1) is 0 Å². The molecule has 0 spiro atoms. The second-order valence-corrected chi connectivity index (χ2v) is 7.00. The molecule has 0 N–H and O–H groups in total.